The first kappa shape index (κ1) is 12.7. The Kier molecular flexibility index (Phi) is 9.61. The molecule has 0 unspecified atom stereocenters. The van der Waals surface area contributed by atoms with Gasteiger partial charge in [-0.05, 0) is 12.8 Å². The molecule has 0 saturated carbocycles. The zero-order chi connectivity index (χ0) is 9.94. The summed E-state index contributed by atoms with van der Waals surface area (Å²) < 4.78 is 0.867. The first-order valence-corrected chi connectivity index (χ1v) is 5.98. The van der Waals surface area contributed by atoms with Crippen LogP contribution in [0.25, 0.3) is 0 Å². The average Bonchev–Trinajstić information content (AvgIpc) is 2.13. The smallest absolute Gasteiger partial charge is 0.133 e. The van der Waals surface area contributed by atoms with E-state index in [1.807, 2.05) is 0 Å². The van der Waals surface area contributed by atoms with Gasteiger partial charge in [-0.3, -0.25) is 0 Å². The van der Waals surface area contributed by atoms with Crippen LogP contribution in [-0.2, 0) is 0 Å². The Morgan fingerprint density at radius 2 is 2.31 bits per heavy atom. The van der Waals surface area contributed by atoms with E-state index in [1.165, 1.54) is 12.8 Å². The van der Waals surface area contributed by atoms with Crippen molar-refractivity contribution in [1.29, 1.82) is 5.26 Å². The fourth-order valence-corrected chi connectivity index (χ4v) is 1.89. The van der Waals surface area contributed by atoms with Crippen molar-refractivity contribution in [2.45, 2.75) is 32.6 Å². The highest BCUT2D eigenvalue weighted by atomic mass is 32.2. The molecule has 74 valence electrons. The van der Waals surface area contributed by atoms with Gasteiger partial charge in [0.25, 0.3) is 0 Å². The third-order valence-corrected chi connectivity index (χ3v) is 2.86. The molecule has 0 aliphatic carbocycles. The molecule has 13 heavy (non-hydrogen) atoms. The molecule has 0 aromatic rings. The standard InChI is InChI=1S/C9H16N2S2/c1-2-3-8-13-9(12)11-7-5-4-6-10/h2-5,7-8H2,1H3,(H,11,12). The molecule has 0 fully saturated rings. The number of rotatable bonds is 6. The third-order valence-electron chi connectivity index (χ3n) is 1.47. The molecule has 0 rings (SSSR count). The van der Waals surface area contributed by atoms with Crippen molar-refractivity contribution in [2.75, 3.05) is 12.3 Å². The van der Waals surface area contributed by atoms with Gasteiger partial charge in [-0.2, -0.15) is 5.26 Å². The van der Waals surface area contributed by atoms with Gasteiger partial charge in [0.05, 0.1) is 6.07 Å². The minimum absolute atomic E-state index is 0.606. The predicted molar refractivity (Wildman–Crippen MR) is 62.8 cm³/mol. The Hall–Kier alpha value is -0.270. The average molecular weight is 216 g/mol. The van der Waals surface area contributed by atoms with E-state index >= 15 is 0 Å². The highest BCUT2D eigenvalue weighted by Crippen LogP contribution is 2.05. The number of hydrogen-bond donors (Lipinski definition) is 1. The van der Waals surface area contributed by atoms with Crippen LogP contribution in [0.1, 0.15) is 32.6 Å². The van der Waals surface area contributed by atoms with Crippen LogP contribution >= 0.6 is 24.0 Å². The van der Waals surface area contributed by atoms with E-state index in [0.717, 1.165) is 23.0 Å². The molecule has 4 heteroatoms. The van der Waals surface area contributed by atoms with Crippen molar-refractivity contribution in [1.82, 2.24) is 5.32 Å². The Morgan fingerprint density at radius 1 is 1.54 bits per heavy atom. The van der Waals surface area contributed by atoms with Crippen LogP contribution in [0.5, 0.6) is 0 Å². The molecular weight excluding hydrogens is 200 g/mol. The Bertz CT molecular complexity index is 175. The number of nitrogens with zero attached hydrogens (tertiary/aromatic N) is 1. The first-order chi connectivity index (χ1) is 6.31. The molecule has 0 aliphatic heterocycles. The summed E-state index contributed by atoms with van der Waals surface area (Å²) in [5, 5.41) is 11.4. The van der Waals surface area contributed by atoms with E-state index in [1.54, 1.807) is 11.8 Å². The molecule has 0 spiro atoms. The molecule has 0 heterocycles. The fraction of sp³-hybridized carbons (Fsp3) is 0.778. The molecule has 0 atom stereocenters. The van der Waals surface area contributed by atoms with Crippen molar-refractivity contribution in [3.05, 3.63) is 0 Å². The monoisotopic (exact) mass is 216 g/mol. The number of unbranched alkanes of at least 4 members (excludes halogenated alkanes) is 2. The van der Waals surface area contributed by atoms with Crippen molar-refractivity contribution in [2.24, 2.45) is 0 Å². The van der Waals surface area contributed by atoms with Gasteiger partial charge >= 0.3 is 0 Å². The highest BCUT2D eigenvalue weighted by Gasteiger charge is 1.95. The molecule has 0 saturated heterocycles. The van der Waals surface area contributed by atoms with Crippen LogP contribution in [-0.4, -0.2) is 16.6 Å². The van der Waals surface area contributed by atoms with Gasteiger partial charge in [0.2, 0.25) is 0 Å². The summed E-state index contributed by atoms with van der Waals surface area (Å²) in [5.74, 6) is 1.10. The van der Waals surface area contributed by atoms with Gasteiger partial charge in [0.15, 0.2) is 0 Å². The molecule has 1 N–H and O–H groups in total. The molecule has 0 aliphatic rings. The Labute approximate surface area is 90.1 Å². The Balaban J connectivity index is 3.16. The SMILES string of the molecule is CCCCSC(=S)NCCCC#N. The largest absolute Gasteiger partial charge is 0.371 e. The number of nitriles is 1. The summed E-state index contributed by atoms with van der Waals surface area (Å²) in [6.07, 6.45) is 3.91. The van der Waals surface area contributed by atoms with Crippen LogP contribution in [0.2, 0.25) is 0 Å². The second-order valence-corrected chi connectivity index (χ2v) is 4.45. The number of hydrogen-bond acceptors (Lipinski definition) is 3. The summed E-state index contributed by atoms with van der Waals surface area (Å²) in [6, 6.07) is 2.10. The van der Waals surface area contributed by atoms with Crippen molar-refractivity contribution in [3.8, 4) is 6.07 Å². The Morgan fingerprint density at radius 3 is 2.92 bits per heavy atom. The minimum Gasteiger partial charge on any atom is -0.371 e. The van der Waals surface area contributed by atoms with Crippen molar-refractivity contribution < 1.29 is 0 Å². The van der Waals surface area contributed by atoms with E-state index < -0.39 is 0 Å². The summed E-state index contributed by atoms with van der Waals surface area (Å²) in [4.78, 5) is 0. The topological polar surface area (TPSA) is 35.8 Å². The van der Waals surface area contributed by atoms with Gasteiger partial charge < -0.3 is 5.32 Å². The maximum absolute atomic E-state index is 8.29. The van der Waals surface area contributed by atoms with Gasteiger partial charge in [-0.25, -0.2) is 0 Å². The first-order valence-electron chi connectivity index (χ1n) is 4.58. The van der Waals surface area contributed by atoms with Gasteiger partial charge in [0.1, 0.15) is 4.32 Å². The van der Waals surface area contributed by atoms with Crippen LogP contribution in [0.4, 0.5) is 0 Å². The fourth-order valence-electron chi connectivity index (χ4n) is 0.718. The molecule has 0 radical (unpaired) electrons. The van der Waals surface area contributed by atoms with Crippen LogP contribution < -0.4 is 5.32 Å². The predicted octanol–water partition coefficient (Wildman–Crippen LogP) is 2.70. The molecule has 2 nitrogen and oxygen atoms in total. The van der Waals surface area contributed by atoms with E-state index in [4.69, 9.17) is 17.5 Å². The normalized spacial score (nSPS) is 9.23. The van der Waals surface area contributed by atoms with Crippen LogP contribution in [0.15, 0.2) is 0 Å². The highest BCUT2D eigenvalue weighted by molar-refractivity contribution is 8.22. The van der Waals surface area contributed by atoms with E-state index in [2.05, 4.69) is 18.3 Å². The zero-order valence-corrected chi connectivity index (χ0v) is 9.64. The maximum Gasteiger partial charge on any atom is 0.133 e. The van der Waals surface area contributed by atoms with Crippen molar-refractivity contribution >= 4 is 28.3 Å². The summed E-state index contributed by atoms with van der Waals surface area (Å²) in [5.41, 5.74) is 0. The molecule has 0 aromatic carbocycles. The lowest BCUT2D eigenvalue weighted by atomic mass is 10.3. The van der Waals surface area contributed by atoms with Gasteiger partial charge in [0, 0.05) is 18.7 Å². The summed E-state index contributed by atoms with van der Waals surface area (Å²) >= 11 is 6.78. The lowest BCUT2D eigenvalue weighted by Crippen LogP contribution is -2.19. The van der Waals surface area contributed by atoms with Gasteiger partial charge in [-0.15, -0.1) is 0 Å². The van der Waals surface area contributed by atoms with E-state index in [-0.39, 0.29) is 0 Å². The number of thioether (sulfide) groups is 1. The second-order valence-electron chi connectivity index (χ2n) is 2.68. The number of thiocarbonyl (C=S) groups is 1. The van der Waals surface area contributed by atoms with E-state index in [0.29, 0.717) is 6.42 Å². The quantitative estimate of drug-likeness (QED) is 0.547. The number of nitrogens with one attached hydrogen (secondary N) is 1. The second kappa shape index (κ2) is 9.82. The molecular formula is C9H16N2S2. The van der Waals surface area contributed by atoms with E-state index in [9.17, 15) is 0 Å². The summed E-state index contributed by atoms with van der Waals surface area (Å²) in [6.45, 7) is 3.00. The molecule has 0 bridgehead atoms. The third kappa shape index (κ3) is 9.65. The van der Waals surface area contributed by atoms with Crippen LogP contribution in [0.3, 0.4) is 0 Å². The lowest BCUT2D eigenvalue weighted by molar-refractivity contribution is 0.804. The molecule has 0 amide bonds. The van der Waals surface area contributed by atoms with Gasteiger partial charge in [-0.1, -0.05) is 37.3 Å². The van der Waals surface area contributed by atoms with Crippen LogP contribution in [0, 0.1) is 11.3 Å². The minimum atomic E-state index is 0.606. The maximum atomic E-state index is 8.29. The summed E-state index contributed by atoms with van der Waals surface area (Å²) in [7, 11) is 0. The van der Waals surface area contributed by atoms with Crippen molar-refractivity contribution in [3.63, 3.8) is 0 Å². The zero-order valence-electron chi connectivity index (χ0n) is 8.01. The molecule has 0 aromatic heterocycles. The lowest BCUT2D eigenvalue weighted by Gasteiger charge is -2.04.